The lowest BCUT2D eigenvalue weighted by atomic mass is 10.1. The molecular weight excluding hydrogens is 266 g/mol. The molecule has 1 heterocycles. The van der Waals surface area contributed by atoms with Crippen molar-refractivity contribution in [1.82, 2.24) is 4.98 Å². The number of unbranched alkanes of at least 4 members (excludes halogenated alkanes) is 2. The molecule has 0 N–H and O–H groups in total. The standard InChI is InChI=1S/C17H23NO3/c1-5-6-7-8-13-10-9-12-11-14(19-2)16(20-3)17(21-4)15(12)18-13/h9-11H,5-8H2,1-4H3. The average Bonchev–Trinajstić information content (AvgIpc) is 2.53. The molecule has 4 heteroatoms. The first-order chi connectivity index (χ1) is 10.2. The van der Waals surface area contributed by atoms with Crippen LogP contribution in [-0.2, 0) is 6.42 Å². The van der Waals surface area contributed by atoms with Crippen LogP contribution in [0, 0.1) is 0 Å². The maximum absolute atomic E-state index is 5.51. The molecule has 0 bridgehead atoms. The summed E-state index contributed by atoms with van der Waals surface area (Å²) in [5.41, 5.74) is 1.91. The Morgan fingerprint density at radius 3 is 2.33 bits per heavy atom. The van der Waals surface area contributed by atoms with Gasteiger partial charge in [0.1, 0.15) is 5.52 Å². The molecule has 21 heavy (non-hydrogen) atoms. The number of aryl methyl sites for hydroxylation is 1. The van der Waals surface area contributed by atoms with E-state index in [-0.39, 0.29) is 0 Å². The van der Waals surface area contributed by atoms with Gasteiger partial charge in [-0.1, -0.05) is 25.8 Å². The van der Waals surface area contributed by atoms with E-state index in [1.807, 2.05) is 6.07 Å². The fraction of sp³-hybridized carbons (Fsp3) is 0.471. The van der Waals surface area contributed by atoms with Crippen molar-refractivity contribution < 1.29 is 14.2 Å². The number of methoxy groups -OCH3 is 3. The van der Waals surface area contributed by atoms with Gasteiger partial charge in [0.2, 0.25) is 5.75 Å². The molecule has 0 aliphatic carbocycles. The zero-order valence-electron chi connectivity index (χ0n) is 13.2. The van der Waals surface area contributed by atoms with Crippen LogP contribution in [-0.4, -0.2) is 26.3 Å². The fourth-order valence-corrected chi connectivity index (χ4v) is 2.46. The molecule has 0 spiro atoms. The fourth-order valence-electron chi connectivity index (χ4n) is 2.46. The van der Waals surface area contributed by atoms with Crippen LogP contribution in [0.2, 0.25) is 0 Å². The van der Waals surface area contributed by atoms with Gasteiger partial charge in [0, 0.05) is 11.1 Å². The van der Waals surface area contributed by atoms with E-state index < -0.39 is 0 Å². The third-order valence-electron chi connectivity index (χ3n) is 3.58. The topological polar surface area (TPSA) is 40.6 Å². The van der Waals surface area contributed by atoms with Gasteiger partial charge in [0.05, 0.1) is 21.3 Å². The number of nitrogens with zero attached hydrogens (tertiary/aromatic N) is 1. The van der Waals surface area contributed by atoms with Crippen LogP contribution < -0.4 is 14.2 Å². The molecule has 114 valence electrons. The molecule has 1 aromatic carbocycles. The van der Waals surface area contributed by atoms with Gasteiger partial charge in [-0.15, -0.1) is 0 Å². The van der Waals surface area contributed by atoms with Crippen molar-refractivity contribution in [2.24, 2.45) is 0 Å². The normalized spacial score (nSPS) is 10.7. The first-order valence-electron chi connectivity index (χ1n) is 7.33. The molecule has 2 rings (SSSR count). The van der Waals surface area contributed by atoms with E-state index in [0.717, 1.165) is 29.4 Å². The molecule has 2 aromatic rings. The summed E-state index contributed by atoms with van der Waals surface area (Å²) in [6, 6.07) is 6.07. The van der Waals surface area contributed by atoms with Crippen LogP contribution in [0.15, 0.2) is 18.2 Å². The molecule has 0 amide bonds. The molecule has 0 aliphatic heterocycles. The number of benzene rings is 1. The van der Waals surface area contributed by atoms with Gasteiger partial charge in [-0.25, -0.2) is 4.98 Å². The Balaban J connectivity index is 2.49. The summed E-state index contributed by atoms with van der Waals surface area (Å²) < 4.78 is 16.3. The second-order valence-electron chi connectivity index (χ2n) is 4.98. The van der Waals surface area contributed by atoms with Crippen molar-refractivity contribution in [3.8, 4) is 17.2 Å². The van der Waals surface area contributed by atoms with Gasteiger partial charge in [-0.05, 0) is 25.0 Å². The van der Waals surface area contributed by atoms with E-state index in [2.05, 4.69) is 19.1 Å². The number of pyridine rings is 1. The van der Waals surface area contributed by atoms with E-state index in [1.165, 1.54) is 12.8 Å². The van der Waals surface area contributed by atoms with Crippen LogP contribution in [0.25, 0.3) is 10.9 Å². The summed E-state index contributed by atoms with van der Waals surface area (Å²) in [4.78, 5) is 4.74. The first-order valence-corrected chi connectivity index (χ1v) is 7.33. The largest absolute Gasteiger partial charge is 0.493 e. The minimum Gasteiger partial charge on any atom is -0.493 e. The maximum atomic E-state index is 5.51. The lowest BCUT2D eigenvalue weighted by molar-refractivity contribution is 0.327. The molecule has 0 saturated carbocycles. The number of fused-ring (bicyclic) bond motifs is 1. The molecule has 0 aliphatic rings. The van der Waals surface area contributed by atoms with Gasteiger partial charge < -0.3 is 14.2 Å². The maximum Gasteiger partial charge on any atom is 0.205 e. The van der Waals surface area contributed by atoms with Crippen molar-refractivity contribution in [1.29, 1.82) is 0 Å². The van der Waals surface area contributed by atoms with Crippen LogP contribution in [0.5, 0.6) is 17.2 Å². The van der Waals surface area contributed by atoms with E-state index in [4.69, 9.17) is 19.2 Å². The monoisotopic (exact) mass is 289 g/mol. The Morgan fingerprint density at radius 2 is 1.71 bits per heavy atom. The predicted octanol–water partition coefficient (Wildman–Crippen LogP) is 3.99. The Bertz CT molecular complexity index is 610. The van der Waals surface area contributed by atoms with E-state index in [9.17, 15) is 0 Å². The predicted molar refractivity (Wildman–Crippen MR) is 84.6 cm³/mol. The molecule has 0 unspecified atom stereocenters. The number of hydrogen-bond donors (Lipinski definition) is 0. The van der Waals surface area contributed by atoms with Crippen molar-refractivity contribution in [2.75, 3.05) is 21.3 Å². The second-order valence-corrected chi connectivity index (χ2v) is 4.98. The van der Waals surface area contributed by atoms with Crippen molar-refractivity contribution in [3.05, 3.63) is 23.9 Å². The van der Waals surface area contributed by atoms with E-state index in [0.29, 0.717) is 17.2 Å². The molecular formula is C17H23NO3. The minimum atomic E-state index is 0.589. The highest BCUT2D eigenvalue weighted by molar-refractivity contribution is 5.90. The van der Waals surface area contributed by atoms with E-state index >= 15 is 0 Å². The number of rotatable bonds is 7. The quantitative estimate of drug-likeness (QED) is 0.723. The van der Waals surface area contributed by atoms with Crippen molar-refractivity contribution in [3.63, 3.8) is 0 Å². The van der Waals surface area contributed by atoms with Gasteiger partial charge in [0.15, 0.2) is 11.5 Å². The SMILES string of the molecule is CCCCCc1ccc2cc(OC)c(OC)c(OC)c2n1. The minimum absolute atomic E-state index is 0.589. The lowest BCUT2D eigenvalue weighted by Crippen LogP contribution is -1.98. The second kappa shape index (κ2) is 7.16. The Hall–Kier alpha value is -1.97. The van der Waals surface area contributed by atoms with Crippen LogP contribution >= 0.6 is 0 Å². The summed E-state index contributed by atoms with van der Waals surface area (Å²) in [5.74, 6) is 1.87. The Kier molecular flexibility index (Phi) is 5.26. The van der Waals surface area contributed by atoms with Crippen LogP contribution in [0.3, 0.4) is 0 Å². The van der Waals surface area contributed by atoms with E-state index in [1.54, 1.807) is 21.3 Å². The summed E-state index contributed by atoms with van der Waals surface area (Å²) in [7, 11) is 4.86. The zero-order valence-corrected chi connectivity index (χ0v) is 13.2. The molecule has 0 saturated heterocycles. The lowest BCUT2D eigenvalue weighted by Gasteiger charge is -2.14. The third-order valence-corrected chi connectivity index (χ3v) is 3.58. The number of hydrogen-bond acceptors (Lipinski definition) is 4. The third kappa shape index (κ3) is 3.20. The van der Waals surface area contributed by atoms with Crippen LogP contribution in [0.4, 0.5) is 0 Å². The summed E-state index contributed by atoms with van der Waals surface area (Å²) in [5, 5.41) is 0.990. The summed E-state index contributed by atoms with van der Waals surface area (Å²) in [6.45, 7) is 2.20. The van der Waals surface area contributed by atoms with Gasteiger partial charge >= 0.3 is 0 Å². The molecule has 4 nitrogen and oxygen atoms in total. The van der Waals surface area contributed by atoms with Gasteiger partial charge in [-0.3, -0.25) is 0 Å². The number of aromatic nitrogens is 1. The highest BCUT2D eigenvalue weighted by Gasteiger charge is 2.17. The molecule has 0 atom stereocenters. The summed E-state index contributed by atoms with van der Waals surface area (Å²) in [6.07, 6.45) is 4.58. The van der Waals surface area contributed by atoms with Gasteiger partial charge in [-0.2, -0.15) is 0 Å². The average molecular weight is 289 g/mol. The molecule has 0 fully saturated rings. The van der Waals surface area contributed by atoms with Crippen LogP contribution in [0.1, 0.15) is 31.9 Å². The van der Waals surface area contributed by atoms with Crippen molar-refractivity contribution in [2.45, 2.75) is 32.6 Å². The van der Waals surface area contributed by atoms with Crippen molar-refractivity contribution >= 4 is 10.9 Å². The zero-order chi connectivity index (χ0) is 15.2. The molecule has 0 radical (unpaired) electrons. The first kappa shape index (κ1) is 15.4. The highest BCUT2D eigenvalue weighted by atomic mass is 16.5. The Morgan fingerprint density at radius 1 is 0.952 bits per heavy atom. The smallest absolute Gasteiger partial charge is 0.205 e. The van der Waals surface area contributed by atoms with Gasteiger partial charge in [0.25, 0.3) is 0 Å². The molecule has 1 aromatic heterocycles. The number of ether oxygens (including phenoxy) is 3. The summed E-state index contributed by atoms with van der Waals surface area (Å²) >= 11 is 0. The Labute approximate surface area is 126 Å². The highest BCUT2D eigenvalue weighted by Crippen LogP contribution is 2.42.